The maximum atomic E-state index is 11.7. The molecule has 22 heavy (non-hydrogen) atoms. The quantitative estimate of drug-likeness (QED) is 0.774. The van der Waals surface area contributed by atoms with Crippen LogP contribution >= 0.6 is 0 Å². The maximum absolute atomic E-state index is 11.7. The molecule has 0 bridgehead atoms. The Morgan fingerprint density at radius 2 is 2.14 bits per heavy atom. The lowest BCUT2D eigenvalue weighted by Gasteiger charge is -2.22. The molecular formula is C16H30N4O2. The summed E-state index contributed by atoms with van der Waals surface area (Å²) in [6.45, 7) is 12.0. The normalized spacial score (nSPS) is 13.0. The standard InChI is InChI=1S/C16H30N4O2/c1-6-8-13(9-19-15(21)22-16(3,4)5)18-11-14-10-17-12-20(14)7-2/h10,12-13,18H,6-9,11H2,1-5H3,(H,19,21). The van der Waals surface area contributed by atoms with Crippen molar-refractivity contribution in [2.45, 2.75) is 72.2 Å². The molecule has 6 nitrogen and oxygen atoms in total. The first-order valence-corrected chi connectivity index (χ1v) is 8.05. The molecule has 1 aromatic heterocycles. The highest BCUT2D eigenvalue weighted by Gasteiger charge is 2.17. The number of carbonyl (C=O) groups excluding carboxylic acids is 1. The lowest BCUT2D eigenvalue weighted by Crippen LogP contribution is -2.42. The minimum absolute atomic E-state index is 0.220. The van der Waals surface area contributed by atoms with Crippen LogP contribution < -0.4 is 10.6 Å². The highest BCUT2D eigenvalue weighted by molar-refractivity contribution is 5.67. The maximum Gasteiger partial charge on any atom is 0.407 e. The molecule has 0 aliphatic carbocycles. The molecule has 0 saturated heterocycles. The number of nitrogens with zero attached hydrogens (tertiary/aromatic N) is 2. The molecule has 126 valence electrons. The van der Waals surface area contributed by atoms with E-state index >= 15 is 0 Å². The zero-order valence-corrected chi connectivity index (χ0v) is 14.5. The van der Waals surface area contributed by atoms with Crippen molar-refractivity contribution >= 4 is 6.09 Å². The number of amides is 1. The number of nitrogens with one attached hydrogen (secondary N) is 2. The Balaban J connectivity index is 2.43. The summed E-state index contributed by atoms with van der Waals surface area (Å²) < 4.78 is 7.37. The highest BCUT2D eigenvalue weighted by atomic mass is 16.6. The largest absolute Gasteiger partial charge is 0.444 e. The van der Waals surface area contributed by atoms with E-state index in [0.717, 1.165) is 31.6 Å². The molecule has 1 aromatic rings. The Morgan fingerprint density at radius 1 is 1.41 bits per heavy atom. The van der Waals surface area contributed by atoms with Crippen molar-refractivity contribution in [1.29, 1.82) is 0 Å². The van der Waals surface area contributed by atoms with E-state index in [9.17, 15) is 4.79 Å². The Hall–Kier alpha value is -1.56. The van der Waals surface area contributed by atoms with Crippen molar-refractivity contribution in [3.63, 3.8) is 0 Å². The van der Waals surface area contributed by atoms with Gasteiger partial charge < -0.3 is 19.9 Å². The molecule has 0 aliphatic rings. The van der Waals surface area contributed by atoms with Gasteiger partial charge in [-0.25, -0.2) is 9.78 Å². The van der Waals surface area contributed by atoms with Crippen LogP contribution in [-0.4, -0.2) is 33.8 Å². The second-order valence-corrected chi connectivity index (χ2v) is 6.42. The van der Waals surface area contributed by atoms with Crippen molar-refractivity contribution in [1.82, 2.24) is 20.2 Å². The Labute approximate surface area is 133 Å². The van der Waals surface area contributed by atoms with E-state index in [1.165, 1.54) is 0 Å². The summed E-state index contributed by atoms with van der Waals surface area (Å²) in [5.74, 6) is 0. The summed E-state index contributed by atoms with van der Waals surface area (Å²) in [6, 6.07) is 0.220. The van der Waals surface area contributed by atoms with E-state index in [4.69, 9.17) is 4.74 Å². The number of ether oxygens (including phenoxy) is 1. The van der Waals surface area contributed by atoms with Gasteiger partial charge in [-0.1, -0.05) is 13.3 Å². The highest BCUT2D eigenvalue weighted by Crippen LogP contribution is 2.07. The molecule has 1 amide bonds. The van der Waals surface area contributed by atoms with Crippen LogP contribution in [0.2, 0.25) is 0 Å². The molecule has 1 unspecified atom stereocenters. The molecule has 0 aromatic carbocycles. The van der Waals surface area contributed by atoms with Gasteiger partial charge in [-0.05, 0) is 34.1 Å². The fourth-order valence-electron chi connectivity index (χ4n) is 2.17. The first kappa shape index (κ1) is 18.5. The number of aryl methyl sites for hydroxylation is 1. The summed E-state index contributed by atoms with van der Waals surface area (Å²) in [5.41, 5.74) is 0.687. The summed E-state index contributed by atoms with van der Waals surface area (Å²) in [4.78, 5) is 15.9. The SMILES string of the molecule is CCCC(CNC(=O)OC(C)(C)C)NCc1cncn1CC. The molecule has 1 rings (SSSR count). The van der Waals surface area contributed by atoms with Gasteiger partial charge >= 0.3 is 6.09 Å². The van der Waals surface area contributed by atoms with Gasteiger partial charge in [-0.3, -0.25) is 0 Å². The van der Waals surface area contributed by atoms with Gasteiger partial charge in [0, 0.05) is 31.9 Å². The van der Waals surface area contributed by atoms with Gasteiger partial charge in [0.1, 0.15) is 5.60 Å². The predicted octanol–water partition coefficient (Wildman–Crippen LogP) is 2.69. The topological polar surface area (TPSA) is 68.2 Å². The average Bonchev–Trinajstić information content (AvgIpc) is 2.87. The number of hydrogen-bond acceptors (Lipinski definition) is 4. The molecule has 0 aliphatic heterocycles. The van der Waals surface area contributed by atoms with Crippen LogP contribution in [0.25, 0.3) is 0 Å². The van der Waals surface area contributed by atoms with Crippen molar-refractivity contribution in [2.75, 3.05) is 6.54 Å². The summed E-state index contributed by atoms with van der Waals surface area (Å²) >= 11 is 0. The number of imidazole rings is 1. The number of alkyl carbamates (subject to hydrolysis) is 1. The predicted molar refractivity (Wildman–Crippen MR) is 87.7 cm³/mol. The Kier molecular flexibility index (Phi) is 7.38. The third-order valence-corrected chi connectivity index (χ3v) is 3.24. The summed E-state index contributed by atoms with van der Waals surface area (Å²) in [6.07, 6.45) is 5.40. The Morgan fingerprint density at radius 3 is 2.73 bits per heavy atom. The number of rotatable bonds is 8. The molecule has 1 atom stereocenters. The summed E-state index contributed by atoms with van der Waals surface area (Å²) in [5, 5.41) is 6.32. The summed E-state index contributed by atoms with van der Waals surface area (Å²) in [7, 11) is 0. The smallest absolute Gasteiger partial charge is 0.407 e. The van der Waals surface area contributed by atoms with Crippen molar-refractivity contribution < 1.29 is 9.53 Å². The van der Waals surface area contributed by atoms with E-state index in [0.29, 0.717) is 6.54 Å². The third-order valence-electron chi connectivity index (χ3n) is 3.24. The van der Waals surface area contributed by atoms with Crippen LogP contribution in [0.1, 0.15) is 53.2 Å². The lowest BCUT2D eigenvalue weighted by molar-refractivity contribution is 0.0521. The first-order valence-electron chi connectivity index (χ1n) is 8.05. The van der Waals surface area contributed by atoms with Gasteiger partial charge in [0.2, 0.25) is 0 Å². The van der Waals surface area contributed by atoms with E-state index in [1.807, 2.05) is 33.3 Å². The van der Waals surface area contributed by atoms with E-state index in [1.54, 1.807) is 0 Å². The van der Waals surface area contributed by atoms with Gasteiger partial charge in [0.05, 0.1) is 12.0 Å². The minimum atomic E-state index is -0.467. The zero-order chi connectivity index (χ0) is 16.6. The molecular weight excluding hydrogens is 280 g/mol. The van der Waals surface area contributed by atoms with E-state index in [-0.39, 0.29) is 12.1 Å². The Bertz CT molecular complexity index is 451. The van der Waals surface area contributed by atoms with Gasteiger partial charge in [-0.2, -0.15) is 0 Å². The molecule has 0 spiro atoms. The second-order valence-electron chi connectivity index (χ2n) is 6.42. The van der Waals surface area contributed by atoms with Crippen molar-refractivity contribution in [2.24, 2.45) is 0 Å². The molecule has 2 N–H and O–H groups in total. The minimum Gasteiger partial charge on any atom is -0.444 e. The molecule has 0 saturated carbocycles. The van der Waals surface area contributed by atoms with Gasteiger partial charge in [0.15, 0.2) is 0 Å². The first-order chi connectivity index (χ1) is 10.4. The second kappa shape index (κ2) is 8.78. The fraction of sp³-hybridized carbons (Fsp3) is 0.750. The van der Waals surface area contributed by atoms with Crippen molar-refractivity contribution in [3.05, 3.63) is 18.2 Å². The van der Waals surface area contributed by atoms with E-state index < -0.39 is 5.60 Å². The number of carbonyl (C=O) groups is 1. The fourth-order valence-corrected chi connectivity index (χ4v) is 2.17. The lowest BCUT2D eigenvalue weighted by atomic mass is 10.1. The molecule has 6 heteroatoms. The van der Waals surface area contributed by atoms with Crippen LogP contribution in [0.3, 0.4) is 0 Å². The van der Waals surface area contributed by atoms with Crippen LogP contribution in [-0.2, 0) is 17.8 Å². The number of hydrogen-bond donors (Lipinski definition) is 2. The monoisotopic (exact) mass is 310 g/mol. The van der Waals surface area contributed by atoms with Crippen LogP contribution in [0, 0.1) is 0 Å². The van der Waals surface area contributed by atoms with Crippen LogP contribution in [0.5, 0.6) is 0 Å². The average molecular weight is 310 g/mol. The van der Waals surface area contributed by atoms with E-state index in [2.05, 4.69) is 34.0 Å². The van der Waals surface area contributed by atoms with Crippen LogP contribution in [0.4, 0.5) is 4.79 Å². The van der Waals surface area contributed by atoms with Crippen LogP contribution in [0.15, 0.2) is 12.5 Å². The van der Waals surface area contributed by atoms with Crippen molar-refractivity contribution in [3.8, 4) is 0 Å². The molecule has 1 heterocycles. The molecule has 0 radical (unpaired) electrons. The third kappa shape index (κ3) is 6.93. The van der Waals surface area contributed by atoms with Gasteiger partial charge in [-0.15, -0.1) is 0 Å². The molecule has 0 fully saturated rings. The zero-order valence-electron chi connectivity index (χ0n) is 14.5. The van der Waals surface area contributed by atoms with Gasteiger partial charge in [0.25, 0.3) is 0 Å². The number of aromatic nitrogens is 2.